The fourth-order valence-corrected chi connectivity index (χ4v) is 5.57. The second-order valence-corrected chi connectivity index (χ2v) is 9.35. The van der Waals surface area contributed by atoms with Crippen LogP contribution in [0.2, 0.25) is 0 Å². The largest absolute Gasteiger partial charge is 0.352 e. The van der Waals surface area contributed by atoms with Gasteiger partial charge in [0, 0.05) is 6.04 Å². The molecule has 0 bridgehead atoms. The molecule has 1 aromatic rings. The zero-order chi connectivity index (χ0) is 16.3. The Morgan fingerprint density at radius 3 is 2.78 bits per heavy atom. The molecule has 1 amide bonds. The van der Waals surface area contributed by atoms with Crippen LogP contribution in [-0.4, -0.2) is 57.8 Å². The average molecular weight is 359 g/mol. The molecule has 2 heterocycles. The summed E-state index contributed by atoms with van der Waals surface area (Å²) >= 11 is 1.45. The van der Waals surface area contributed by atoms with Gasteiger partial charge in [0.05, 0.1) is 29.1 Å². The zero-order valence-corrected chi connectivity index (χ0v) is 14.5. The summed E-state index contributed by atoms with van der Waals surface area (Å²) in [5.41, 5.74) is 0. The molecule has 1 aliphatic heterocycles. The molecule has 8 nitrogen and oxygen atoms in total. The van der Waals surface area contributed by atoms with Gasteiger partial charge in [0.2, 0.25) is 5.91 Å². The van der Waals surface area contributed by atoms with E-state index >= 15 is 0 Å². The van der Waals surface area contributed by atoms with Crippen LogP contribution in [-0.2, 0) is 20.4 Å². The van der Waals surface area contributed by atoms with Crippen LogP contribution in [0.5, 0.6) is 0 Å². The lowest BCUT2D eigenvalue weighted by Gasteiger charge is -2.12. The maximum absolute atomic E-state index is 11.9. The molecule has 1 saturated heterocycles. The molecule has 3 rings (SSSR count). The van der Waals surface area contributed by atoms with Gasteiger partial charge < -0.3 is 5.32 Å². The predicted molar refractivity (Wildman–Crippen MR) is 86.7 cm³/mol. The van der Waals surface area contributed by atoms with Gasteiger partial charge in [-0.15, -0.1) is 16.9 Å². The summed E-state index contributed by atoms with van der Waals surface area (Å²) in [6, 6.07) is 0.148. The summed E-state index contributed by atoms with van der Waals surface area (Å²) in [4.78, 5) is 11.9. The number of nitrogens with one attached hydrogen (secondary N) is 1. The van der Waals surface area contributed by atoms with Crippen LogP contribution < -0.4 is 5.32 Å². The van der Waals surface area contributed by atoms with E-state index in [-0.39, 0.29) is 29.2 Å². The molecular weight excluding hydrogens is 338 g/mol. The Morgan fingerprint density at radius 1 is 1.30 bits per heavy atom. The Hall–Kier alpha value is -1.16. The summed E-state index contributed by atoms with van der Waals surface area (Å²) in [6.45, 7) is 0. The first-order chi connectivity index (χ1) is 11.0. The van der Waals surface area contributed by atoms with Gasteiger partial charge in [-0.25, -0.2) is 13.1 Å². The molecule has 1 saturated carbocycles. The van der Waals surface area contributed by atoms with E-state index in [9.17, 15) is 13.2 Å². The minimum Gasteiger partial charge on any atom is -0.352 e. The van der Waals surface area contributed by atoms with E-state index in [0.717, 1.165) is 18.7 Å². The summed E-state index contributed by atoms with van der Waals surface area (Å²) in [5, 5.41) is 14.7. The lowest BCUT2D eigenvalue weighted by Crippen LogP contribution is -2.36. The first-order valence-corrected chi connectivity index (χ1v) is 10.9. The van der Waals surface area contributed by atoms with E-state index in [1.165, 1.54) is 24.6 Å². The second-order valence-electron chi connectivity index (χ2n) is 6.14. The van der Waals surface area contributed by atoms with Crippen molar-refractivity contribution in [3.05, 3.63) is 5.82 Å². The maximum Gasteiger partial charge on any atom is 0.230 e. The molecule has 1 atom stereocenters. The third-order valence-electron chi connectivity index (χ3n) is 4.29. The lowest BCUT2D eigenvalue weighted by atomic mass is 10.2. The predicted octanol–water partition coefficient (Wildman–Crippen LogP) is 0.325. The van der Waals surface area contributed by atoms with Crippen molar-refractivity contribution in [2.75, 3.05) is 17.3 Å². The molecule has 23 heavy (non-hydrogen) atoms. The van der Waals surface area contributed by atoms with Crippen LogP contribution in [0.3, 0.4) is 0 Å². The molecule has 2 fully saturated rings. The van der Waals surface area contributed by atoms with E-state index in [2.05, 4.69) is 20.8 Å². The van der Waals surface area contributed by atoms with Crippen LogP contribution in [0, 0.1) is 0 Å². The highest BCUT2D eigenvalue weighted by Crippen LogP contribution is 2.29. The molecule has 1 aliphatic carbocycles. The summed E-state index contributed by atoms with van der Waals surface area (Å²) in [6.07, 6.45) is 5.16. The third-order valence-corrected chi connectivity index (χ3v) is 6.99. The number of carbonyl (C=O) groups is 1. The second kappa shape index (κ2) is 7.16. The summed E-state index contributed by atoms with van der Waals surface area (Å²) < 4.78 is 24.6. The maximum atomic E-state index is 11.9. The highest BCUT2D eigenvalue weighted by atomic mass is 32.2. The molecule has 1 N–H and O–H groups in total. The van der Waals surface area contributed by atoms with Gasteiger partial charge in [0.1, 0.15) is 0 Å². The standard InChI is InChI=1S/C13H21N5O3S2/c19-13(14-10-5-6-23(20,21)9-10)8-22-7-12-15-16-17-18(12)11-3-1-2-4-11/h10-11H,1-9H2,(H,14,19). The normalized spacial score (nSPS) is 24.1. The fraction of sp³-hybridized carbons (Fsp3) is 0.846. The smallest absolute Gasteiger partial charge is 0.230 e. The van der Waals surface area contributed by atoms with Gasteiger partial charge in [-0.2, -0.15) is 0 Å². The number of hydrogen-bond donors (Lipinski definition) is 1. The third kappa shape index (κ3) is 4.43. The first-order valence-electron chi connectivity index (χ1n) is 7.88. The van der Waals surface area contributed by atoms with Gasteiger partial charge in [-0.05, 0) is 29.7 Å². The Bertz CT molecular complexity index is 654. The van der Waals surface area contributed by atoms with Gasteiger partial charge >= 0.3 is 0 Å². The molecule has 1 unspecified atom stereocenters. The molecule has 0 radical (unpaired) electrons. The van der Waals surface area contributed by atoms with Crippen molar-refractivity contribution in [3.63, 3.8) is 0 Å². The molecular formula is C13H21N5O3S2. The number of tetrazole rings is 1. The Labute approximate surface area is 139 Å². The molecule has 1 aromatic heterocycles. The molecule has 128 valence electrons. The van der Waals surface area contributed by atoms with E-state index in [0.29, 0.717) is 18.2 Å². The number of rotatable bonds is 6. The number of carbonyl (C=O) groups excluding carboxylic acids is 1. The number of sulfone groups is 1. The quantitative estimate of drug-likeness (QED) is 0.779. The fourth-order valence-electron chi connectivity index (χ4n) is 3.15. The first kappa shape index (κ1) is 16.7. The minimum absolute atomic E-state index is 0.0589. The van der Waals surface area contributed by atoms with Gasteiger partial charge in [0.15, 0.2) is 15.7 Å². The Balaban J connectivity index is 1.43. The monoisotopic (exact) mass is 359 g/mol. The number of nitrogens with zero attached hydrogens (tertiary/aromatic N) is 4. The van der Waals surface area contributed by atoms with Crippen molar-refractivity contribution < 1.29 is 13.2 Å². The van der Waals surface area contributed by atoms with E-state index in [1.807, 2.05) is 4.68 Å². The Morgan fingerprint density at radius 2 is 2.09 bits per heavy atom. The number of thioether (sulfide) groups is 1. The summed E-state index contributed by atoms with van der Waals surface area (Å²) in [5.74, 6) is 1.77. The van der Waals surface area contributed by atoms with E-state index in [1.54, 1.807) is 0 Å². The van der Waals surface area contributed by atoms with Crippen LogP contribution in [0.25, 0.3) is 0 Å². The van der Waals surface area contributed by atoms with Crippen molar-refractivity contribution >= 4 is 27.5 Å². The molecule has 0 spiro atoms. The summed E-state index contributed by atoms with van der Waals surface area (Å²) in [7, 11) is -2.96. The minimum atomic E-state index is -2.96. The van der Waals surface area contributed by atoms with Crippen LogP contribution in [0.1, 0.15) is 44.0 Å². The Kier molecular flexibility index (Phi) is 5.20. The van der Waals surface area contributed by atoms with Crippen LogP contribution in [0.15, 0.2) is 0 Å². The van der Waals surface area contributed by atoms with Gasteiger partial charge in [-0.3, -0.25) is 4.79 Å². The van der Waals surface area contributed by atoms with E-state index < -0.39 is 9.84 Å². The van der Waals surface area contributed by atoms with E-state index in [4.69, 9.17) is 0 Å². The SMILES string of the molecule is O=C(CSCc1nnnn1C1CCCC1)NC1CCS(=O)(=O)C1. The van der Waals surface area contributed by atoms with Crippen molar-refractivity contribution in [1.29, 1.82) is 0 Å². The topological polar surface area (TPSA) is 107 Å². The zero-order valence-electron chi connectivity index (χ0n) is 12.8. The molecule has 10 heteroatoms. The van der Waals surface area contributed by atoms with Crippen molar-refractivity contribution in [3.8, 4) is 0 Å². The lowest BCUT2D eigenvalue weighted by molar-refractivity contribution is -0.119. The number of hydrogen-bond acceptors (Lipinski definition) is 7. The highest BCUT2D eigenvalue weighted by molar-refractivity contribution is 7.99. The van der Waals surface area contributed by atoms with Gasteiger partial charge in [-0.1, -0.05) is 12.8 Å². The van der Waals surface area contributed by atoms with Crippen LogP contribution >= 0.6 is 11.8 Å². The van der Waals surface area contributed by atoms with Crippen molar-refractivity contribution in [1.82, 2.24) is 25.5 Å². The number of amides is 1. The van der Waals surface area contributed by atoms with Crippen molar-refractivity contribution in [2.45, 2.75) is 49.9 Å². The van der Waals surface area contributed by atoms with Crippen LogP contribution in [0.4, 0.5) is 0 Å². The molecule has 0 aromatic carbocycles. The average Bonchev–Trinajstić information content (AvgIpc) is 3.19. The number of aromatic nitrogens is 4. The molecule has 2 aliphatic rings. The van der Waals surface area contributed by atoms with Crippen molar-refractivity contribution in [2.24, 2.45) is 0 Å². The van der Waals surface area contributed by atoms with Gasteiger partial charge in [0.25, 0.3) is 0 Å². The highest BCUT2D eigenvalue weighted by Gasteiger charge is 2.28.